The molecule has 0 fully saturated rings. The summed E-state index contributed by atoms with van der Waals surface area (Å²) >= 11 is 1.62. The summed E-state index contributed by atoms with van der Waals surface area (Å²) in [5.41, 5.74) is 1.40. The Bertz CT molecular complexity index is 436. The predicted molar refractivity (Wildman–Crippen MR) is 78.2 cm³/mol. The Labute approximate surface area is 114 Å². The molecule has 100 valence electrons. The van der Waals surface area contributed by atoms with Crippen LogP contribution in [0.4, 0.5) is 5.69 Å². The van der Waals surface area contributed by atoms with E-state index in [0.29, 0.717) is 0 Å². The molecule has 0 radical (unpaired) electrons. The molecule has 1 rings (SSSR count). The molecule has 0 saturated carbocycles. The van der Waals surface area contributed by atoms with Gasteiger partial charge in [-0.2, -0.15) is 0 Å². The number of hydrogen-bond donors (Lipinski definition) is 1. The van der Waals surface area contributed by atoms with Crippen LogP contribution in [-0.4, -0.2) is 17.1 Å². The molecule has 1 heterocycles. The summed E-state index contributed by atoms with van der Waals surface area (Å²) in [7, 11) is 0. The van der Waals surface area contributed by atoms with E-state index in [9.17, 15) is 4.79 Å². The highest BCUT2D eigenvalue weighted by molar-refractivity contribution is 7.98. The molecule has 0 saturated heterocycles. The van der Waals surface area contributed by atoms with Crippen LogP contribution in [0, 0.1) is 5.41 Å². The van der Waals surface area contributed by atoms with Crippen molar-refractivity contribution in [1.29, 1.82) is 0 Å². The Hall–Kier alpha value is -1.03. The van der Waals surface area contributed by atoms with Gasteiger partial charge < -0.3 is 5.32 Å². The first-order chi connectivity index (χ1) is 8.27. The number of carbonyl (C=O) groups excluding carboxylic acids is 1. The van der Waals surface area contributed by atoms with Gasteiger partial charge in [-0.1, -0.05) is 34.6 Å². The first kappa shape index (κ1) is 15.0. The monoisotopic (exact) mass is 266 g/mol. The van der Waals surface area contributed by atoms with E-state index in [0.717, 1.165) is 16.3 Å². The van der Waals surface area contributed by atoms with Gasteiger partial charge in [-0.15, -0.1) is 11.8 Å². The summed E-state index contributed by atoms with van der Waals surface area (Å²) in [5.74, 6) is 0.306. The first-order valence-electron chi connectivity index (χ1n) is 6.11. The minimum absolute atomic E-state index is 0.0210. The largest absolute Gasteiger partial charge is 0.323 e. The number of nitrogens with zero attached hydrogens (tertiary/aromatic N) is 1. The van der Waals surface area contributed by atoms with Gasteiger partial charge in [-0.25, -0.2) is 0 Å². The SMILES string of the molecule is CSc1ccnc(C(C)C)c1NC(=O)C(C)(C)C. The number of thioether (sulfide) groups is 1. The summed E-state index contributed by atoms with van der Waals surface area (Å²) in [6, 6.07) is 1.94. The average molecular weight is 266 g/mol. The van der Waals surface area contributed by atoms with E-state index in [2.05, 4.69) is 24.1 Å². The van der Waals surface area contributed by atoms with Crippen molar-refractivity contribution in [3.63, 3.8) is 0 Å². The van der Waals surface area contributed by atoms with Crippen molar-refractivity contribution < 1.29 is 4.79 Å². The van der Waals surface area contributed by atoms with Crippen molar-refractivity contribution in [2.45, 2.75) is 45.4 Å². The van der Waals surface area contributed by atoms with Crippen LogP contribution in [0.3, 0.4) is 0 Å². The van der Waals surface area contributed by atoms with Crippen LogP contribution in [0.1, 0.15) is 46.2 Å². The Balaban J connectivity index is 3.17. The van der Waals surface area contributed by atoms with Gasteiger partial charge in [0, 0.05) is 16.5 Å². The van der Waals surface area contributed by atoms with Gasteiger partial charge in [-0.3, -0.25) is 9.78 Å². The summed E-state index contributed by atoms with van der Waals surface area (Å²) < 4.78 is 0. The predicted octanol–water partition coefficient (Wildman–Crippen LogP) is 3.91. The smallest absolute Gasteiger partial charge is 0.229 e. The molecule has 1 amide bonds. The molecular weight excluding hydrogens is 244 g/mol. The van der Waals surface area contributed by atoms with Crippen molar-refractivity contribution in [1.82, 2.24) is 4.98 Å². The third-order valence-corrected chi connectivity index (χ3v) is 3.41. The fraction of sp³-hybridized carbons (Fsp3) is 0.571. The summed E-state index contributed by atoms with van der Waals surface area (Å²) in [6.45, 7) is 9.89. The molecule has 4 heteroatoms. The fourth-order valence-electron chi connectivity index (χ4n) is 1.49. The molecule has 0 atom stereocenters. The van der Waals surface area contributed by atoms with Gasteiger partial charge in [0.2, 0.25) is 5.91 Å². The van der Waals surface area contributed by atoms with Gasteiger partial charge in [0.25, 0.3) is 0 Å². The van der Waals surface area contributed by atoms with Crippen molar-refractivity contribution in [2.24, 2.45) is 5.41 Å². The second-order valence-corrected chi connectivity index (χ2v) is 6.48. The van der Waals surface area contributed by atoms with Crippen LogP contribution in [0.25, 0.3) is 0 Å². The fourth-order valence-corrected chi connectivity index (χ4v) is 2.05. The molecule has 0 aliphatic rings. The Morgan fingerprint density at radius 3 is 2.44 bits per heavy atom. The van der Waals surface area contributed by atoms with Crippen LogP contribution in [0.15, 0.2) is 17.2 Å². The lowest BCUT2D eigenvalue weighted by Gasteiger charge is -2.21. The molecular formula is C14H22N2OS. The highest BCUT2D eigenvalue weighted by Gasteiger charge is 2.24. The van der Waals surface area contributed by atoms with Crippen LogP contribution >= 0.6 is 11.8 Å². The van der Waals surface area contributed by atoms with E-state index in [1.807, 2.05) is 33.1 Å². The van der Waals surface area contributed by atoms with Gasteiger partial charge in [0.05, 0.1) is 11.4 Å². The maximum Gasteiger partial charge on any atom is 0.229 e. The van der Waals surface area contributed by atoms with E-state index < -0.39 is 5.41 Å². The summed E-state index contributed by atoms with van der Waals surface area (Å²) in [4.78, 5) is 17.6. The number of anilines is 1. The van der Waals surface area contributed by atoms with E-state index in [4.69, 9.17) is 0 Å². The molecule has 1 aromatic rings. The second-order valence-electron chi connectivity index (χ2n) is 5.63. The highest BCUT2D eigenvalue weighted by Crippen LogP contribution is 2.32. The number of carbonyl (C=O) groups is 1. The minimum atomic E-state index is -0.403. The normalized spacial score (nSPS) is 11.7. The number of nitrogens with one attached hydrogen (secondary N) is 1. The molecule has 0 aliphatic heterocycles. The van der Waals surface area contributed by atoms with E-state index in [-0.39, 0.29) is 11.8 Å². The maximum atomic E-state index is 12.1. The van der Waals surface area contributed by atoms with Gasteiger partial charge in [0.1, 0.15) is 0 Å². The summed E-state index contributed by atoms with van der Waals surface area (Å²) in [6.07, 6.45) is 3.81. The van der Waals surface area contributed by atoms with Crippen molar-refractivity contribution in [3.8, 4) is 0 Å². The molecule has 1 N–H and O–H groups in total. The number of amides is 1. The zero-order chi connectivity index (χ0) is 13.9. The average Bonchev–Trinajstić information content (AvgIpc) is 2.27. The Kier molecular flexibility index (Phi) is 4.79. The van der Waals surface area contributed by atoms with Crippen LogP contribution in [0.5, 0.6) is 0 Å². The zero-order valence-electron chi connectivity index (χ0n) is 12.0. The quantitative estimate of drug-likeness (QED) is 0.843. The van der Waals surface area contributed by atoms with Crippen LogP contribution in [0.2, 0.25) is 0 Å². The molecule has 1 aromatic heterocycles. The molecule has 18 heavy (non-hydrogen) atoms. The Morgan fingerprint density at radius 1 is 1.39 bits per heavy atom. The lowest BCUT2D eigenvalue weighted by Crippen LogP contribution is -2.28. The van der Waals surface area contributed by atoms with Crippen LogP contribution < -0.4 is 5.32 Å². The maximum absolute atomic E-state index is 12.1. The molecule has 0 bridgehead atoms. The Morgan fingerprint density at radius 2 is 2.00 bits per heavy atom. The topological polar surface area (TPSA) is 42.0 Å². The molecule has 0 aromatic carbocycles. The third-order valence-electron chi connectivity index (χ3n) is 2.63. The first-order valence-corrected chi connectivity index (χ1v) is 7.34. The lowest BCUT2D eigenvalue weighted by molar-refractivity contribution is -0.123. The molecule has 0 spiro atoms. The number of pyridine rings is 1. The van der Waals surface area contributed by atoms with E-state index in [1.165, 1.54) is 0 Å². The zero-order valence-corrected chi connectivity index (χ0v) is 12.8. The second kappa shape index (κ2) is 5.74. The lowest BCUT2D eigenvalue weighted by atomic mass is 9.95. The van der Waals surface area contributed by atoms with Gasteiger partial charge in [-0.05, 0) is 18.2 Å². The number of rotatable bonds is 3. The van der Waals surface area contributed by atoms with E-state index in [1.54, 1.807) is 18.0 Å². The van der Waals surface area contributed by atoms with Crippen LogP contribution in [-0.2, 0) is 4.79 Å². The number of aromatic nitrogens is 1. The minimum Gasteiger partial charge on any atom is -0.323 e. The summed E-state index contributed by atoms with van der Waals surface area (Å²) in [5, 5.41) is 3.03. The van der Waals surface area contributed by atoms with Gasteiger partial charge in [0.15, 0.2) is 0 Å². The van der Waals surface area contributed by atoms with Gasteiger partial charge >= 0.3 is 0 Å². The molecule has 0 unspecified atom stereocenters. The van der Waals surface area contributed by atoms with E-state index >= 15 is 0 Å². The standard InChI is InChI=1S/C14H22N2OS/c1-9(2)11-12(10(18-6)7-8-15-11)16-13(17)14(3,4)5/h7-9H,1-6H3,(H,16,17). The highest BCUT2D eigenvalue weighted by atomic mass is 32.2. The van der Waals surface area contributed by atoms with Crippen molar-refractivity contribution in [3.05, 3.63) is 18.0 Å². The third kappa shape index (κ3) is 3.48. The number of hydrogen-bond acceptors (Lipinski definition) is 3. The van der Waals surface area contributed by atoms with Crippen molar-refractivity contribution in [2.75, 3.05) is 11.6 Å². The van der Waals surface area contributed by atoms with Crippen molar-refractivity contribution >= 4 is 23.4 Å². The molecule has 3 nitrogen and oxygen atoms in total. The molecule has 0 aliphatic carbocycles.